The van der Waals surface area contributed by atoms with Crippen LogP contribution in [-0.4, -0.2) is 0 Å². The zero-order chi connectivity index (χ0) is 13.4. The Balaban J connectivity index is 0.00000147. The quantitative estimate of drug-likeness (QED) is 0.680. The summed E-state index contributed by atoms with van der Waals surface area (Å²) in [6.07, 6.45) is 3.92. The predicted molar refractivity (Wildman–Crippen MR) is 74.9 cm³/mol. The van der Waals surface area contributed by atoms with Crippen LogP contribution in [0.2, 0.25) is 0 Å². The van der Waals surface area contributed by atoms with E-state index in [-0.39, 0.29) is 24.6 Å². The third kappa shape index (κ3) is 2.73. The van der Waals surface area contributed by atoms with Gasteiger partial charge in [-0.15, -0.1) is 0 Å². The number of aromatic amines is 1. The van der Waals surface area contributed by atoms with E-state index in [4.69, 9.17) is 0 Å². The first-order valence-electron chi connectivity index (χ1n) is 7.29. The fraction of sp³-hybridized carbons (Fsp3) is 0.471. The van der Waals surface area contributed by atoms with Crippen molar-refractivity contribution in [3.63, 3.8) is 0 Å². The van der Waals surface area contributed by atoms with Crippen molar-refractivity contribution in [3.05, 3.63) is 36.0 Å². The smallest absolute Gasteiger partial charge is 0.868 e. The van der Waals surface area contributed by atoms with Crippen LogP contribution < -0.4 is 29.0 Å². The molecule has 3 heteroatoms. The fourth-order valence-corrected chi connectivity index (χ4v) is 3.68. The van der Waals surface area contributed by atoms with E-state index in [0.717, 1.165) is 10.9 Å². The van der Waals surface area contributed by atoms with E-state index in [1.165, 1.54) is 25.0 Å². The summed E-state index contributed by atoms with van der Waals surface area (Å²) in [7, 11) is 0. The van der Waals surface area contributed by atoms with Crippen molar-refractivity contribution in [1.82, 2.24) is 0 Å². The third-order valence-corrected chi connectivity index (χ3v) is 4.67. The summed E-state index contributed by atoms with van der Waals surface area (Å²) < 4.78 is 0. The van der Waals surface area contributed by atoms with Crippen LogP contribution in [0, 0.1) is 11.8 Å². The molecule has 20 heavy (non-hydrogen) atoms. The number of H-pyrrole nitrogens is 1. The van der Waals surface area contributed by atoms with Gasteiger partial charge in [0, 0.05) is 17.4 Å². The van der Waals surface area contributed by atoms with E-state index < -0.39 is 0 Å². The summed E-state index contributed by atoms with van der Waals surface area (Å²) in [6, 6.07) is 9.70. The fourth-order valence-electron chi connectivity index (χ4n) is 3.68. The third-order valence-electron chi connectivity index (χ3n) is 4.67. The van der Waals surface area contributed by atoms with Crippen LogP contribution in [-0.2, 0) is 0 Å². The van der Waals surface area contributed by atoms with E-state index in [2.05, 4.69) is 31.0 Å². The molecule has 1 saturated carbocycles. The van der Waals surface area contributed by atoms with E-state index in [1.807, 2.05) is 12.1 Å². The SMILES string of the molecule is CC1CCCC(C)C1c1ccc2cccc([O-])c2[nH+]1.[Li+]. The first-order valence-corrected chi connectivity index (χ1v) is 7.29. The molecule has 1 aliphatic rings. The van der Waals surface area contributed by atoms with Crippen molar-refractivity contribution >= 4 is 10.9 Å². The van der Waals surface area contributed by atoms with Gasteiger partial charge in [0.05, 0.1) is 0 Å². The zero-order valence-electron chi connectivity index (χ0n) is 12.6. The van der Waals surface area contributed by atoms with Gasteiger partial charge in [-0.3, -0.25) is 0 Å². The van der Waals surface area contributed by atoms with Crippen LogP contribution in [0.25, 0.3) is 10.9 Å². The van der Waals surface area contributed by atoms with Crippen molar-refractivity contribution < 1.29 is 29.0 Å². The van der Waals surface area contributed by atoms with Gasteiger partial charge in [0.2, 0.25) is 5.52 Å². The average Bonchev–Trinajstić information content (AvgIpc) is 2.39. The molecule has 2 aromatic rings. The predicted octanol–water partition coefficient (Wildman–Crippen LogP) is 0.271. The van der Waals surface area contributed by atoms with Gasteiger partial charge in [0.1, 0.15) is 0 Å². The minimum absolute atomic E-state index is 0. The Kier molecular flexibility index (Phi) is 4.78. The number of nitrogens with one attached hydrogen (secondary N) is 1. The van der Waals surface area contributed by atoms with Crippen molar-refractivity contribution in [2.45, 2.75) is 39.0 Å². The molecule has 1 aliphatic carbocycles. The summed E-state index contributed by atoms with van der Waals surface area (Å²) in [6.45, 7) is 4.67. The molecule has 100 valence electrons. The first-order chi connectivity index (χ1) is 9.16. The number of hydrogen-bond donors (Lipinski definition) is 0. The van der Waals surface area contributed by atoms with Crippen molar-refractivity contribution in [2.75, 3.05) is 0 Å². The molecule has 0 aliphatic heterocycles. The molecule has 2 atom stereocenters. The van der Waals surface area contributed by atoms with Crippen LogP contribution in [0.15, 0.2) is 30.3 Å². The molecule has 1 heterocycles. The maximum Gasteiger partial charge on any atom is 1.00 e. The minimum Gasteiger partial charge on any atom is -0.868 e. The Labute approximate surface area is 132 Å². The van der Waals surface area contributed by atoms with E-state index in [0.29, 0.717) is 17.8 Å². The Morgan fingerprint density at radius 1 is 1.05 bits per heavy atom. The molecule has 1 aromatic carbocycles. The molecule has 3 rings (SSSR count). The average molecular weight is 262 g/mol. The standard InChI is InChI=1S/C17H21NO.Li/c1-11-5-3-6-12(2)16(11)14-10-9-13-7-4-8-15(19)17(13)18-14;/h4,7-12,16,19H,3,5-6H2,1-2H3;/q;+1. The minimum atomic E-state index is 0. The Bertz CT molecular complexity index is 589. The molecular weight excluding hydrogens is 241 g/mol. The second-order valence-electron chi connectivity index (χ2n) is 6.05. The molecule has 0 radical (unpaired) electrons. The van der Waals surface area contributed by atoms with Gasteiger partial charge < -0.3 is 5.11 Å². The molecule has 0 spiro atoms. The largest absolute Gasteiger partial charge is 1.00 e. The second-order valence-corrected chi connectivity index (χ2v) is 6.05. The maximum atomic E-state index is 11.9. The number of pyridine rings is 1. The summed E-state index contributed by atoms with van der Waals surface area (Å²) in [4.78, 5) is 3.41. The number of rotatable bonds is 1. The number of benzene rings is 1. The monoisotopic (exact) mass is 262 g/mol. The molecule has 1 N–H and O–H groups in total. The summed E-state index contributed by atoms with van der Waals surface area (Å²) in [5.74, 6) is 2.03. The second kappa shape index (κ2) is 6.20. The molecule has 2 nitrogen and oxygen atoms in total. The van der Waals surface area contributed by atoms with Gasteiger partial charge in [-0.2, -0.15) is 0 Å². The van der Waals surface area contributed by atoms with Crippen molar-refractivity contribution in [2.24, 2.45) is 11.8 Å². The molecule has 1 aromatic heterocycles. The van der Waals surface area contributed by atoms with Gasteiger partial charge in [0.25, 0.3) is 0 Å². The first kappa shape index (κ1) is 15.4. The van der Waals surface area contributed by atoms with Crippen molar-refractivity contribution in [3.8, 4) is 5.75 Å². The van der Waals surface area contributed by atoms with Gasteiger partial charge in [-0.25, -0.2) is 4.98 Å². The molecule has 1 fully saturated rings. The molecular formula is C17H21LiNO+. The number of para-hydroxylation sites is 1. The Hall–Kier alpha value is -0.973. The summed E-state index contributed by atoms with van der Waals surface area (Å²) in [5, 5.41) is 13.0. The molecule has 2 unspecified atom stereocenters. The van der Waals surface area contributed by atoms with Crippen molar-refractivity contribution in [1.29, 1.82) is 0 Å². The van der Waals surface area contributed by atoms with Gasteiger partial charge in [-0.05, 0) is 42.6 Å². The number of hydrogen-bond acceptors (Lipinski definition) is 1. The van der Waals surface area contributed by atoms with E-state index in [9.17, 15) is 5.11 Å². The Morgan fingerprint density at radius 2 is 1.75 bits per heavy atom. The number of aromatic nitrogens is 1. The van der Waals surface area contributed by atoms with Gasteiger partial charge in [-0.1, -0.05) is 32.4 Å². The Morgan fingerprint density at radius 3 is 2.45 bits per heavy atom. The number of fused-ring (bicyclic) bond motifs is 1. The van der Waals surface area contributed by atoms with Crippen LogP contribution >= 0.6 is 0 Å². The van der Waals surface area contributed by atoms with Gasteiger partial charge in [0.15, 0.2) is 5.69 Å². The maximum absolute atomic E-state index is 11.9. The van der Waals surface area contributed by atoms with E-state index in [1.54, 1.807) is 6.07 Å². The zero-order valence-corrected chi connectivity index (χ0v) is 12.6. The van der Waals surface area contributed by atoms with Crippen LogP contribution in [0.1, 0.15) is 44.7 Å². The normalized spacial score (nSPS) is 26.2. The molecule has 0 saturated heterocycles. The van der Waals surface area contributed by atoms with Gasteiger partial charge >= 0.3 is 18.9 Å². The topological polar surface area (TPSA) is 37.2 Å². The molecule has 0 bridgehead atoms. The molecule has 0 amide bonds. The summed E-state index contributed by atoms with van der Waals surface area (Å²) >= 11 is 0. The van der Waals surface area contributed by atoms with Crippen LogP contribution in [0.3, 0.4) is 0 Å². The van der Waals surface area contributed by atoms with Crippen LogP contribution in [0.4, 0.5) is 0 Å². The summed E-state index contributed by atoms with van der Waals surface area (Å²) in [5.41, 5.74) is 1.99. The van der Waals surface area contributed by atoms with E-state index >= 15 is 0 Å². The van der Waals surface area contributed by atoms with Crippen LogP contribution in [0.5, 0.6) is 5.75 Å².